The minimum absolute atomic E-state index is 0. The zero-order valence-electron chi connectivity index (χ0n) is 21.9. The van der Waals surface area contributed by atoms with E-state index in [0.717, 1.165) is 12.2 Å². The molecule has 0 spiro atoms. The third-order valence-electron chi connectivity index (χ3n) is 5.42. The van der Waals surface area contributed by atoms with Gasteiger partial charge in [-0.05, 0) is 24.7 Å². The molecule has 0 aliphatic heterocycles. The minimum atomic E-state index is -4.84. The molecule has 0 bridgehead atoms. The van der Waals surface area contributed by atoms with Crippen molar-refractivity contribution in [3.63, 3.8) is 0 Å². The molecular formula is C26H43KO8S. The summed E-state index contributed by atoms with van der Waals surface area (Å²) in [5, 5.41) is 13.9. The largest absolute Gasteiger partial charge is 1.00 e. The van der Waals surface area contributed by atoms with Crippen molar-refractivity contribution in [2.75, 3.05) is 0 Å². The molecule has 10 heteroatoms. The van der Waals surface area contributed by atoms with E-state index < -0.39 is 33.7 Å². The summed E-state index contributed by atoms with van der Waals surface area (Å²) >= 11 is 0. The van der Waals surface area contributed by atoms with Gasteiger partial charge in [0.25, 0.3) is 10.1 Å². The molecule has 8 nitrogen and oxygen atoms in total. The fourth-order valence-corrected chi connectivity index (χ4v) is 4.05. The molecule has 1 aromatic rings. The maximum absolute atomic E-state index is 10.2. The Morgan fingerprint density at radius 1 is 0.861 bits per heavy atom. The van der Waals surface area contributed by atoms with E-state index in [4.69, 9.17) is 19.5 Å². The van der Waals surface area contributed by atoms with E-state index in [0.29, 0.717) is 0 Å². The van der Waals surface area contributed by atoms with Gasteiger partial charge in [0.1, 0.15) is 5.75 Å². The number of carbonyl (C=O) groups is 2. The molecule has 0 aromatic heterocycles. The zero-order chi connectivity index (χ0) is 26.5. The van der Waals surface area contributed by atoms with Crippen LogP contribution >= 0.6 is 0 Å². The van der Waals surface area contributed by atoms with Gasteiger partial charge < -0.3 is 21.9 Å². The van der Waals surface area contributed by atoms with Gasteiger partial charge in [0, 0.05) is 0 Å². The van der Waals surface area contributed by atoms with Crippen molar-refractivity contribution in [2.45, 2.75) is 108 Å². The van der Waals surface area contributed by atoms with E-state index in [1.54, 1.807) is 0 Å². The van der Waals surface area contributed by atoms with Crippen LogP contribution in [0.1, 0.15) is 96.8 Å². The van der Waals surface area contributed by atoms with Crippen LogP contribution in [0.15, 0.2) is 30.3 Å². The number of carboxylic acids is 2. The van der Waals surface area contributed by atoms with Gasteiger partial charge in [-0.1, -0.05) is 102 Å². The summed E-state index contributed by atoms with van der Waals surface area (Å²) in [7, 11) is -4.84. The summed E-state index contributed by atoms with van der Waals surface area (Å²) in [5.74, 6) is -2.56. The fourth-order valence-electron chi connectivity index (χ4n) is 3.44. The van der Waals surface area contributed by atoms with Gasteiger partial charge >= 0.3 is 63.3 Å². The van der Waals surface area contributed by atoms with Crippen molar-refractivity contribution >= 4 is 22.1 Å². The predicted octanol–water partition coefficient (Wildman–Crippen LogP) is 3.17. The monoisotopic (exact) mass is 554 g/mol. The summed E-state index contributed by atoms with van der Waals surface area (Å²) in [6.45, 7) is 6.38. The molecule has 1 aromatic carbocycles. The zero-order valence-corrected chi connectivity index (χ0v) is 25.9. The molecule has 36 heavy (non-hydrogen) atoms. The smallest absolute Gasteiger partial charge is 0.522 e. The third kappa shape index (κ3) is 22.7. The second kappa shape index (κ2) is 23.6. The summed E-state index contributed by atoms with van der Waals surface area (Å²) in [6.07, 6.45) is 16.7. The number of para-hydroxylation sites is 1. The Balaban J connectivity index is 0. The molecule has 202 valence electrons. The van der Waals surface area contributed by atoms with Crippen LogP contribution in [0.2, 0.25) is 0 Å². The number of carboxylic acid groups (broad SMARTS) is 2. The average Bonchev–Trinajstić information content (AvgIpc) is 2.78. The van der Waals surface area contributed by atoms with Crippen molar-refractivity contribution in [3.05, 3.63) is 37.3 Å². The number of ether oxygens (including phenoxy) is 1. The molecule has 0 fully saturated rings. The Hall–Kier alpha value is -0.494. The topological polar surface area (TPSA) is 138 Å². The summed E-state index contributed by atoms with van der Waals surface area (Å²) in [5.41, 5.74) is 0. The third-order valence-corrected chi connectivity index (χ3v) is 6.51. The molecule has 0 heterocycles. The average molecular weight is 555 g/mol. The van der Waals surface area contributed by atoms with Crippen LogP contribution in [0, 0.1) is 6.92 Å². The Morgan fingerprint density at radius 2 is 1.31 bits per heavy atom. The van der Waals surface area contributed by atoms with E-state index in [1.165, 1.54) is 77.0 Å². The standard InChI is InChI=1S/C22H37O.C4H6O7S.K/c1-3-4-5-6-7-8-9-10-11-12-13-15-18-21(2)23-22-19-16-14-17-20-22;5-3(6)1-2(4(7)8)12(9,10)11;/h14,16-17,19-21H,2-13,15,18H2,1H3;2H,1H2,(H,5,6)(H,7,8)(H,9,10,11);/q-1;;+1. The van der Waals surface area contributed by atoms with Gasteiger partial charge in [0.15, 0.2) is 5.25 Å². The molecule has 0 aliphatic rings. The SMILES string of the molecule is O=C(O)CC(C(=O)O)S(=O)(=O)O.[CH2-]C(CCCCCCCCCCCCCC)Oc1ccccc1.[K+]. The molecule has 0 saturated carbocycles. The second-order valence-electron chi connectivity index (χ2n) is 8.67. The Labute approximate surface area is 259 Å². The maximum atomic E-state index is 10.2. The molecule has 1 rings (SSSR count). The Morgan fingerprint density at radius 3 is 1.67 bits per heavy atom. The van der Waals surface area contributed by atoms with Crippen molar-refractivity contribution in [3.8, 4) is 5.75 Å². The van der Waals surface area contributed by atoms with E-state index in [1.807, 2.05) is 30.3 Å². The van der Waals surface area contributed by atoms with E-state index in [9.17, 15) is 18.0 Å². The second-order valence-corrected chi connectivity index (χ2v) is 10.3. The van der Waals surface area contributed by atoms with Crippen LogP contribution in [0.25, 0.3) is 0 Å². The first-order valence-electron chi connectivity index (χ1n) is 12.5. The first-order valence-corrected chi connectivity index (χ1v) is 14.0. The van der Waals surface area contributed by atoms with E-state index >= 15 is 0 Å². The molecule has 0 aliphatic carbocycles. The number of hydrogen-bond acceptors (Lipinski definition) is 5. The quantitative estimate of drug-likeness (QED) is 0.103. The van der Waals surface area contributed by atoms with Crippen LogP contribution in [0.3, 0.4) is 0 Å². The molecule has 0 amide bonds. The number of aliphatic carboxylic acids is 2. The number of rotatable bonds is 19. The summed E-state index contributed by atoms with van der Waals surface area (Å²) in [6, 6.07) is 10.0. The van der Waals surface area contributed by atoms with Crippen LogP contribution in [-0.4, -0.2) is 46.5 Å². The summed E-state index contributed by atoms with van der Waals surface area (Å²) < 4.78 is 34.5. The molecule has 2 atom stereocenters. The minimum Gasteiger partial charge on any atom is -0.522 e. The van der Waals surface area contributed by atoms with Gasteiger partial charge in [0.2, 0.25) is 0 Å². The van der Waals surface area contributed by atoms with Gasteiger partial charge in [-0.25, -0.2) is 0 Å². The van der Waals surface area contributed by atoms with Crippen molar-refractivity contribution in [1.29, 1.82) is 0 Å². The number of unbranched alkanes of at least 4 members (excludes halogenated alkanes) is 11. The predicted molar refractivity (Wildman–Crippen MR) is 137 cm³/mol. The normalized spacial score (nSPS) is 12.4. The van der Waals surface area contributed by atoms with E-state index in [-0.39, 0.29) is 57.5 Å². The van der Waals surface area contributed by atoms with Crippen LogP contribution in [0.5, 0.6) is 5.75 Å². The van der Waals surface area contributed by atoms with Crippen molar-refractivity contribution in [1.82, 2.24) is 0 Å². The Bertz CT molecular complexity index is 786. The number of hydrogen-bond donors (Lipinski definition) is 3. The van der Waals surface area contributed by atoms with E-state index in [2.05, 4.69) is 13.8 Å². The van der Waals surface area contributed by atoms with Crippen LogP contribution in [0.4, 0.5) is 0 Å². The fraction of sp³-hybridized carbons (Fsp3) is 0.654. The molecular weight excluding hydrogens is 511 g/mol. The van der Waals surface area contributed by atoms with Crippen molar-refractivity contribution < 1.29 is 88.9 Å². The Kier molecular flexibility index (Phi) is 24.7. The first kappa shape index (κ1) is 37.7. The molecule has 0 radical (unpaired) electrons. The molecule has 0 saturated heterocycles. The summed E-state index contributed by atoms with van der Waals surface area (Å²) in [4.78, 5) is 20.0. The van der Waals surface area contributed by atoms with Gasteiger partial charge in [-0.2, -0.15) is 8.42 Å². The van der Waals surface area contributed by atoms with Crippen LogP contribution in [-0.2, 0) is 19.7 Å². The van der Waals surface area contributed by atoms with Crippen LogP contribution < -0.4 is 56.1 Å². The van der Waals surface area contributed by atoms with Gasteiger partial charge in [-0.3, -0.25) is 14.1 Å². The van der Waals surface area contributed by atoms with Gasteiger partial charge in [-0.15, -0.1) is 0 Å². The maximum Gasteiger partial charge on any atom is 1.00 e. The van der Waals surface area contributed by atoms with Crippen molar-refractivity contribution in [2.24, 2.45) is 0 Å². The first-order chi connectivity index (χ1) is 16.6. The molecule has 2 unspecified atom stereocenters. The molecule has 3 N–H and O–H groups in total. The number of benzene rings is 1. The van der Waals surface area contributed by atoms with Gasteiger partial charge in [0.05, 0.1) is 6.42 Å².